The van der Waals surface area contributed by atoms with Crippen LogP contribution in [0.25, 0.3) is 17.2 Å². The first kappa shape index (κ1) is 17.1. The molecule has 2 heterocycles. The van der Waals surface area contributed by atoms with Crippen molar-refractivity contribution in [2.45, 2.75) is 0 Å². The van der Waals surface area contributed by atoms with Crippen LogP contribution in [0.2, 0.25) is 0 Å². The van der Waals surface area contributed by atoms with E-state index in [9.17, 15) is 9.59 Å². The van der Waals surface area contributed by atoms with Crippen molar-refractivity contribution in [1.29, 1.82) is 0 Å². The molecule has 3 aromatic rings. The Morgan fingerprint density at radius 1 is 1.08 bits per heavy atom. The Balaban J connectivity index is 1.87. The highest BCUT2D eigenvalue weighted by molar-refractivity contribution is 7.15. The third kappa shape index (κ3) is 4.04. The molecule has 1 N–H and O–H groups in total. The van der Waals surface area contributed by atoms with E-state index in [2.05, 4.69) is 5.32 Å². The van der Waals surface area contributed by atoms with E-state index in [1.807, 2.05) is 53.2 Å². The van der Waals surface area contributed by atoms with Crippen LogP contribution >= 0.6 is 22.7 Å². The molecule has 3 rings (SSSR count). The number of carbonyl (C=O) groups is 2. The average molecular weight is 369 g/mol. The number of esters is 1. The average Bonchev–Trinajstić information content (AvgIpc) is 3.30. The predicted octanol–water partition coefficient (Wildman–Crippen LogP) is 4.92. The largest absolute Gasteiger partial charge is 0.465 e. The second kappa shape index (κ2) is 7.92. The van der Waals surface area contributed by atoms with Crippen LogP contribution in [0.4, 0.5) is 5.00 Å². The summed E-state index contributed by atoms with van der Waals surface area (Å²) in [5.74, 6) is -0.766. The van der Waals surface area contributed by atoms with Crippen molar-refractivity contribution in [3.63, 3.8) is 0 Å². The standard InChI is InChI=1S/C19H15NO3S2/c1-23-19(22)17-15(13-6-3-2-4-7-13)12-25-18(17)20-16(21)10-9-14-8-5-11-24-14/h2-12H,1H3,(H,20,21)/b10-9-. The van der Waals surface area contributed by atoms with Gasteiger partial charge in [0.05, 0.1) is 7.11 Å². The lowest BCUT2D eigenvalue weighted by Crippen LogP contribution is -2.11. The molecule has 1 amide bonds. The summed E-state index contributed by atoms with van der Waals surface area (Å²) in [6, 6.07) is 13.4. The highest BCUT2D eigenvalue weighted by Gasteiger charge is 2.21. The van der Waals surface area contributed by atoms with Gasteiger partial charge in [-0.15, -0.1) is 22.7 Å². The molecule has 0 atom stereocenters. The van der Waals surface area contributed by atoms with Gasteiger partial charge in [0.15, 0.2) is 0 Å². The summed E-state index contributed by atoms with van der Waals surface area (Å²) in [5, 5.41) is 7.04. The number of methoxy groups -OCH3 is 1. The minimum absolute atomic E-state index is 0.292. The van der Waals surface area contributed by atoms with Crippen molar-refractivity contribution in [2.24, 2.45) is 0 Å². The lowest BCUT2D eigenvalue weighted by Gasteiger charge is -2.06. The van der Waals surface area contributed by atoms with Crippen LogP contribution in [0.15, 0.2) is 59.3 Å². The molecule has 0 unspecified atom stereocenters. The van der Waals surface area contributed by atoms with Crippen LogP contribution in [-0.4, -0.2) is 19.0 Å². The Bertz CT molecular complexity index is 896. The summed E-state index contributed by atoms with van der Waals surface area (Å²) >= 11 is 2.85. The molecule has 6 heteroatoms. The third-order valence-corrected chi connectivity index (χ3v) is 5.18. The topological polar surface area (TPSA) is 55.4 Å². The molecule has 0 spiro atoms. The number of rotatable bonds is 5. The lowest BCUT2D eigenvalue weighted by molar-refractivity contribution is -0.111. The highest BCUT2D eigenvalue weighted by atomic mass is 32.1. The summed E-state index contributed by atoms with van der Waals surface area (Å²) in [6.45, 7) is 0. The van der Waals surface area contributed by atoms with Crippen molar-refractivity contribution in [3.05, 3.63) is 69.7 Å². The van der Waals surface area contributed by atoms with Gasteiger partial charge >= 0.3 is 5.97 Å². The summed E-state index contributed by atoms with van der Waals surface area (Å²) in [6.07, 6.45) is 3.19. The zero-order valence-electron chi connectivity index (χ0n) is 13.4. The number of benzene rings is 1. The van der Waals surface area contributed by atoms with Gasteiger partial charge in [-0.3, -0.25) is 4.79 Å². The van der Waals surface area contributed by atoms with E-state index in [0.29, 0.717) is 10.6 Å². The molecule has 4 nitrogen and oxygen atoms in total. The molecular weight excluding hydrogens is 354 g/mol. The van der Waals surface area contributed by atoms with E-state index >= 15 is 0 Å². The molecule has 0 saturated heterocycles. The fraction of sp³-hybridized carbons (Fsp3) is 0.0526. The van der Waals surface area contributed by atoms with E-state index < -0.39 is 5.97 Å². The summed E-state index contributed by atoms with van der Waals surface area (Å²) in [7, 11) is 1.33. The third-order valence-electron chi connectivity index (χ3n) is 3.44. The molecule has 0 radical (unpaired) electrons. The first-order valence-corrected chi connectivity index (χ1v) is 9.22. The zero-order valence-corrected chi connectivity index (χ0v) is 15.0. The lowest BCUT2D eigenvalue weighted by atomic mass is 10.0. The van der Waals surface area contributed by atoms with Gasteiger partial charge in [-0.2, -0.15) is 0 Å². The maximum atomic E-state index is 12.2. The molecule has 0 bridgehead atoms. The Labute approximate surface area is 153 Å². The molecule has 2 aromatic heterocycles. The molecule has 0 aliphatic rings. The molecule has 0 aliphatic heterocycles. The fourth-order valence-electron chi connectivity index (χ4n) is 2.28. The molecule has 0 fully saturated rings. The molecule has 126 valence electrons. The maximum Gasteiger partial charge on any atom is 0.341 e. The number of anilines is 1. The van der Waals surface area contributed by atoms with Crippen molar-refractivity contribution < 1.29 is 14.3 Å². The van der Waals surface area contributed by atoms with Crippen LogP contribution < -0.4 is 5.32 Å². The Kier molecular flexibility index (Phi) is 5.42. The Morgan fingerprint density at radius 2 is 1.88 bits per heavy atom. The minimum atomic E-state index is -0.474. The van der Waals surface area contributed by atoms with Crippen LogP contribution in [0.3, 0.4) is 0 Å². The van der Waals surface area contributed by atoms with Crippen LogP contribution in [-0.2, 0) is 9.53 Å². The van der Waals surface area contributed by atoms with Crippen molar-refractivity contribution in [2.75, 3.05) is 12.4 Å². The van der Waals surface area contributed by atoms with E-state index in [1.54, 1.807) is 17.4 Å². The first-order valence-electron chi connectivity index (χ1n) is 7.47. The highest BCUT2D eigenvalue weighted by Crippen LogP contribution is 2.36. The SMILES string of the molecule is COC(=O)c1c(-c2ccccc2)csc1NC(=O)/C=C\c1cccs1. The van der Waals surface area contributed by atoms with E-state index in [1.165, 1.54) is 24.5 Å². The second-order valence-corrected chi connectivity index (χ2v) is 6.91. The maximum absolute atomic E-state index is 12.2. The van der Waals surface area contributed by atoms with Gasteiger partial charge in [0.2, 0.25) is 5.91 Å². The summed E-state index contributed by atoms with van der Waals surface area (Å²) < 4.78 is 4.90. The smallest absolute Gasteiger partial charge is 0.341 e. The summed E-state index contributed by atoms with van der Waals surface area (Å²) in [4.78, 5) is 25.4. The molecule has 1 aromatic carbocycles. The molecular formula is C19H15NO3S2. The zero-order chi connectivity index (χ0) is 17.6. The van der Waals surface area contributed by atoms with Gasteiger partial charge in [0.1, 0.15) is 10.6 Å². The van der Waals surface area contributed by atoms with Gasteiger partial charge in [-0.25, -0.2) is 4.79 Å². The number of hydrogen-bond acceptors (Lipinski definition) is 5. The van der Waals surface area contributed by atoms with Crippen LogP contribution in [0.5, 0.6) is 0 Å². The van der Waals surface area contributed by atoms with Gasteiger partial charge in [-0.05, 0) is 23.1 Å². The first-order chi connectivity index (χ1) is 12.2. The second-order valence-electron chi connectivity index (χ2n) is 5.05. The van der Waals surface area contributed by atoms with Crippen molar-refractivity contribution >= 4 is 45.6 Å². The van der Waals surface area contributed by atoms with E-state index in [0.717, 1.165) is 16.0 Å². The fourth-order valence-corrected chi connectivity index (χ4v) is 3.86. The normalized spacial score (nSPS) is 10.8. The minimum Gasteiger partial charge on any atom is -0.465 e. The molecule has 0 aliphatic carbocycles. The Morgan fingerprint density at radius 3 is 2.56 bits per heavy atom. The van der Waals surface area contributed by atoms with Crippen molar-refractivity contribution in [1.82, 2.24) is 0 Å². The monoisotopic (exact) mass is 369 g/mol. The van der Waals surface area contributed by atoms with E-state index in [4.69, 9.17) is 4.74 Å². The van der Waals surface area contributed by atoms with Crippen LogP contribution in [0, 0.1) is 0 Å². The van der Waals surface area contributed by atoms with Gasteiger partial charge < -0.3 is 10.1 Å². The number of amides is 1. The molecule has 0 saturated carbocycles. The number of ether oxygens (including phenoxy) is 1. The Hall–Kier alpha value is -2.70. The van der Waals surface area contributed by atoms with Crippen LogP contribution in [0.1, 0.15) is 15.2 Å². The molecule has 25 heavy (non-hydrogen) atoms. The quantitative estimate of drug-likeness (QED) is 0.513. The van der Waals surface area contributed by atoms with Gasteiger partial charge in [0, 0.05) is 21.9 Å². The van der Waals surface area contributed by atoms with Gasteiger partial charge in [-0.1, -0.05) is 36.4 Å². The van der Waals surface area contributed by atoms with Gasteiger partial charge in [0.25, 0.3) is 0 Å². The predicted molar refractivity (Wildman–Crippen MR) is 103 cm³/mol. The number of thiophene rings is 2. The summed E-state index contributed by atoms with van der Waals surface area (Å²) in [5.41, 5.74) is 2.01. The number of carbonyl (C=O) groups excluding carboxylic acids is 2. The van der Waals surface area contributed by atoms with Crippen molar-refractivity contribution in [3.8, 4) is 11.1 Å². The van der Waals surface area contributed by atoms with E-state index in [-0.39, 0.29) is 5.91 Å². The number of hydrogen-bond donors (Lipinski definition) is 1. The number of nitrogens with one attached hydrogen (secondary N) is 1.